The molecule has 1 N–H and O–H groups in total. The van der Waals surface area contributed by atoms with Gasteiger partial charge in [0.15, 0.2) is 0 Å². The normalized spacial score (nSPS) is 22.5. The highest BCUT2D eigenvalue weighted by molar-refractivity contribution is 5.92. The summed E-state index contributed by atoms with van der Waals surface area (Å²) in [6, 6.07) is 0.627. The van der Waals surface area contributed by atoms with Crippen molar-refractivity contribution < 1.29 is 4.79 Å². The predicted octanol–water partition coefficient (Wildman–Crippen LogP) is 2.19. The molecule has 2 fully saturated rings. The Labute approximate surface area is 182 Å². The molecule has 2 aliphatic heterocycles. The highest BCUT2D eigenvalue weighted by Crippen LogP contribution is 2.29. The first-order valence-corrected chi connectivity index (χ1v) is 11.5. The zero-order chi connectivity index (χ0) is 21.4. The van der Waals surface area contributed by atoms with Crippen molar-refractivity contribution in [1.82, 2.24) is 29.7 Å². The summed E-state index contributed by atoms with van der Waals surface area (Å²) in [5.41, 5.74) is 2.93. The number of H-pyrrole nitrogens is 1. The van der Waals surface area contributed by atoms with Gasteiger partial charge in [0, 0.05) is 49.9 Å². The Bertz CT molecular complexity index is 1010. The Hall–Kier alpha value is -2.61. The molecule has 2 aromatic heterocycles. The van der Waals surface area contributed by atoms with E-state index < -0.39 is 0 Å². The van der Waals surface area contributed by atoms with Crippen LogP contribution in [-0.4, -0.2) is 61.3 Å². The molecule has 3 aliphatic rings. The lowest BCUT2D eigenvalue weighted by Crippen LogP contribution is -2.42. The van der Waals surface area contributed by atoms with E-state index in [1.165, 1.54) is 38.3 Å². The molecule has 1 atom stereocenters. The van der Waals surface area contributed by atoms with Gasteiger partial charge in [-0.15, -0.1) is 0 Å². The van der Waals surface area contributed by atoms with Gasteiger partial charge in [-0.2, -0.15) is 0 Å². The summed E-state index contributed by atoms with van der Waals surface area (Å²) in [6.07, 6.45) is 11.2. The number of hydrogen-bond acceptors (Lipinski definition) is 6. The van der Waals surface area contributed by atoms with Crippen LogP contribution in [0.4, 0.5) is 0 Å². The number of aromatic nitrogens is 4. The highest BCUT2D eigenvalue weighted by Gasteiger charge is 2.32. The van der Waals surface area contributed by atoms with E-state index >= 15 is 0 Å². The molecular weight excluding hydrogens is 392 g/mol. The van der Waals surface area contributed by atoms with E-state index in [2.05, 4.69) is 19.9 Å². The number of carbonyl (C=O) groups is 1. The highest BCUT2D eigenvalue weighted by atomic mass is 16.2. The maximum atomic E-state index is 12.8. The Balaban J connectivity index is 1.31. The fourth-order valence-corrected chi connectivity index (χ4v) is 5.26. The van der Waals surface area contributed by atoms with Crippen LogP contribution in [0.3, 0.4) is 0 Å². The summed E-state index contributed by atoms with van der Waals surface area (Å²) in [5, 5.41) is 0. The number of fused-ring (bicyclic) bond motifs is 1. The fraction of sp³-hybridized carbons (Fsp3) is 0.609. The summed E-state index contributed by atoms with van der Waals surface area (Å²) < 4.78 is 0. The van der Waals surface area contributed by atoms with Gasteiger partial charge in [0.05, 0.1) is 17.6 Å². The number of nitrogens with zero attached hydrogens (tertiary/aromatic N) is 5. The van der Waals surface area contributed by atoms with Crippen molar-refractivity contribution in [2.45, 2.75) is 70.4 Å². The van der Waals surface area contributed by atoms with Gasteiger partial charge in [-0.05, 0) is 32.6 Å². The number of hydrogen-bond donors (Lipinski definition) is 1. The molecule has 4 heterocycles. The van der Waals surface area contributed by atoms with Crippen LogP contribution in [0.1, 0.15) is 77.7 Å². The number of carbonyl (C=O) groups excluding carboxylic acids is 1. The van der Waals surface area contributed by atoms with Gasteiger partial charge in [-0.1, -0.05) is 19.3 Å². The first-order valence-electron chi connectivity index (χ1n) is 11.5. The number of rotatable bonds is 3. The third kappa shape index (κ3) is 4.13. The molecule has 0 aromatic carbocycles. The Morgan fingerprint density at radius 2 is 1.94 bits per heavy atom. The first kappa shape index (κ1) is 20.3. The Morgan fingerprint density at radius 3 is 2.71 bits per heavy atom. The van der Waals surface area contributed by atoms with Crippen molar-refractivity contribution >= 4 is 5.91 Å². The molecule has 1 aliphatic carbocycles. The van der Waals surface area contributed by atoms with Gasteiger partial charge in [0.25, 0.3) is 11.5 Å². The monoisotopic (exact) mass is 422 g/mol. The van der Waals surface area contributed by atoms with Crippen LogP contribution in [0.2, 0.25) is 0 Å². The van der Waals surface area contributed by atoms with Crippen LogP contribution in [0.25, 0.3) is 0 Å². The molecule has 2 aromatic rings. The molecule has 0 spiro atoms. The molecule has 31 heavy (non-hydrogen) atoms. The largest absolute Gasteiger partial charge is 0.337 e. The number of aryl methyl sites for hydroxylation is 1. The minimum atomic E-state index is -0.112. The SMILES string of the molecule is Cc1cnc(C(=O)N2CC[C@@H](c3nc4c(c(=O)[nH]3)CCN(C3CCCCC3)C4)C2)cn1. The minimum absolute atomic E-state index is 0.00234. The van der Waals surface area contributed by atoms with Crippen molar-refractivity contribution in [2.75, 3.05) is 19.6 Å². The Morgan fingerprint density at radius 1 is 1.10 bits per heavy atom. The molecule has 0 unspecified atom stereocenters. The van der Waals surface area contributed by atoms with Crippen LogP contribution in [0.5, 0.6) is 0 Å². The molecule has 8 heteroatoms. The van der Waals surface area contributed by atoms with E-state index in [1.54, 1.807) is 11.1 Å². The smallest absolute Gasteiger partial charge is 0.274 e. The molecule has 1 saturated heterocycles. The van der Waals surface area contributed by atoms with Gasteiger partial charge in [-0.25, -0.2) is 9.97 Å². The van der Waals surface area contributed by atoms with Gasteiger partial charge in [-0.3, -0.25) is 19.5 Å². The molecule has 164 valence electrons. The second kappa shape index (κ2) is 8.49. The van der Waals surface area contributed by atoms with Gasteiger partial charge in [0.2, 0.25) is 0 Å². The molecule has 1 saturated carbocycles. The van der Waals surface area contributed by atoms with Crippen LogP contribution in [0.15, 0.2) is 17.2 Å². The third-order valence-electron chi connectivity index (χ3n) is 7.07. The van der Waals surface area contributed by atoms with Crippen LogP contribution < -0.4 is 5.56 Å². The Kier molecular flexibility index (Phi) is 5.56. The van der Waals surface area contributed by atoms with Gasteiger partial charge >= 0.3 is 0 Å². The standard InChI is InChI=1S/C23H30N6O2/c1-15-11-25-19(12-24-15)23(31)29-9-7-16(13-29)21-26-20-14-28(17-5-3-2-4-6-17)10-8-18(20)22(30)27-21/h11-12,16-17H,2-10,13-14H2,1H3,(H,26,27,30)/t16-/m1/s1. The van der Waals surface area contributed by atoms with Gasteiger partial charge < -0.3 is 9.88 Å². The second-order valence-corrected chi connectivity index (χ2v) is 9.17. The third-order valence-corrected chi connectivity index (χ3v) is 7.07. The lowest BCUT2D eigenvalue weighted by Gasteiger charge is -2.37. The summed E-state index contributed by atoms with van der Waals surface area (Å²) in [4.78, 5) is 46.2. The zero-order valence-electron chi connectivity index (χ0n) is 18.1. The van der Waals surface area contributed by atoms with Crippen LogP contribution >= 0.6 is 0 Å². The number of likely N-dealkylation sites (tertiary alicyclic amines) is 1. The van der Waals surface area contributed by atoms with E-state index in [-0.39, 0.29) is 17.4 Å². The molecule has 1 amide bonds. The summed E-state index contributed by atoms with van der Waals surface area (Å²) in [7, 11) is 0. The van der Waals surface area contributed by atoms with Crippen molar-refractivity contribution in [1.29, 1.82) is 0 Å². The molecule has 8 nitrogen and oxygen atoms in total. The number of aromatic amines is 1. The zero-order valence-corrected chi connectivity index (χ0v) is 18.1. The number of amides is 1. The van der Waals surface area contributed by atoms with E-state index in [0.29, 0.717) is 24.8 Å². The topological polar surface area (TPSA) is 95.1 Å². The van der Waals surface area contributed by atoms with Crippen molar-refractivity contribution in [3.63, 3.8) is 0 Å². The van der Waals surface area contributed by atoms with Crippen LogP contribution in [0, 0.1) is 6.92 Å². The van der Waals surface area contributed by atoms with Crippen molar-refractivity contribution in [3.05, 3.63) is 51.2 Å². The molecular formula is C23H30N6O2. The molecule has 0 bridgehead atoms. The van der Waals surface area contributed by atoms with E-state index in [4.69, 9.17) is 4.98 Å². The molecule has 0 radical (unpaired) electrons. The summed E-state index contributed by atoms with van der Waals surface area (Å²) in [5.74, 6) is 0.656. The quantitative estimate of drug-likeness (QED) is 0.815. The van der Waals surface area contributed by atoms with E-state index in [0.717, 1.165) is 48.7 Å². The average molecular weight is 423 g/mol. The lowest BCUT2D eigenvalue weighted by atomic mass is 9.92. The average Bonchev–Trinajstić information content (AvgIpc) is 3.30. The van der Waals surface area contributed by atoms with E-state index in [1.807, 2.05) is 6.92 Å². The van der Waals surface area contributed by atoms with Crippen molar-refractivity contribution in [2.24, 2.45) is 0 Å². The van der Waals surface area contributed by atoms with Crippen molar-refractivity contribution in [3.8, 4) is 0 Å². The van der Waals surface area contributed by atoms with Crippen LogP contribution in [-0.2, 0) is 13.0 Å². The lowest BCUT2D eigenvalue weighted by molar-refractivity contribution is 0.0784. The number of nitrogens with one attached hydrogen (secondary N) is 1. The second-order valence-electron chi connectivity index (χ2n) is 9.17. The predicted molar refractivity (Wildman–Crippen MR) is 116 cm³/mol. The maximum Gasteiger partial charge on any atom is 0.274 e. The maximum absolute atomic E-state index is 12.8. The van der Waals surface area contributed by atoms with Gasteiger partial charge in [0.1, 0.15) is 11.5 Å². The summed E-state index contributed by atoms with van der Waals surface area (Å²) in [6.45, 7) is 4.74. The minimum Gasteiger partial charge on any atom is -0.337 e. The first-order chi connectivity index (χ1) is 15.1. The molecule has 5 rings (SSSR count). The van der Waals surface area contributed by atoms with E-state index in [9.17, 15) is 9.59 Å². The summed E-state index contributed by atoms with van der Waals surface area (Å²) >= 11 is 0. The fourth-order valence-electron chi connectivity index (χ4n) is 5.26.